The molecule has 0 unspecified atom stereocenters. The molecule has 0 radical (unpaired) electrons. The van der Waals surface area contributed by atoms with Crippen molar-refractivity contribution in [2.24, 2.45) is 5.73 Å². The van der Waals surface area contributed by atoms with Crippen molar-refractivity contribution in [1.29, 1.82) is 0 Å². The summed E-state index contributed by atoms with van der Waals surface area (Å²) in [5, 5.41) is 4.76. The lowest BCUT2D eigenvalue weighted by atomic mass is 9.97. The number of nitrogens with zero attached hydrogens (tertiary/aromatic N) is 3. The van der Waals surface area contributed by atoms with Crippen molar-refractivity contribution in [3.8, 4) is 11.4 Å². The zero-order valence-corrected chi connectivity index (χ0v) is 19.7. The molecule has 0 saturated heterocycles. The molecule has 0 amide bonds. The molecule has 1 atom stereocenters. The Kier molecular flexibility index (Phi) is 6.62. The molecule has 3 heterocycles. The number of aryl methyl sites for hydroxylation is 2. The number of nitrogens with two attached hydrogens (primary N) is 1. The number of benzene rings is 1. The van der Waals surface area contributed by atoms with Gasteiger partial charge in [0.15, 0.2) is 5.82 Å². The number of rotatable bonds is 8. The number of hydrogen-bond donors (Lipinski definition) is 2. The van der Waals surface area contributed by atoms with Gasteiger partial charge in [-0.2, -0.15) is 0 Å². The van der Waals surface area contributed by atoms with E-state index in [1.165, 1.54) is 39.8 Å². The van der Waals surface area contributed by atoms with Crippen LogP contribution in [-0.2, 0) is 30.6 Å². The molecule has 7 heteroatoms. The smallest absolute Gasteiger partial charge is 0.163 e. The first-order valence-corrected chi connectivity index (χ1v) is 12.3. The summed E-state index contributed by atoms with van der Waals surface area (Å²) in [6.07, 6.45) is 9.07. The normalized spacial score (nSPS) is 14.2. The van der Waals surface area contributed by atoms with Crippen LogP contribution in [0, 0.1) is 0 Å². The van der Waals surface area contributed by atoms with Gasteiger partial charge in [0, 0.05) is 42.5 Å². The van der Waals surface area contributed by atoms with Crippen molar-refractivity contribution >= 4 is 27.4 Å². The fourth-order valence-electron chi connectivity index (χ4n) is 4.46. The van der Waals surface area contributed by atoms with Crippen molar-refractivity contribution < 1.29 is 4.74 Å². The third-order valence-corrected chi connectivity index (χ3v) is 7.30. The summed E-state index contributed by atoms with van der Waals surface area (Å²) in [6.45, 7) is 1.27. The third-order valence-electron chi connectivity index (χ3n) is 6.12. The Morgan fingerprint density at radius 3 is 2.58 bits per heavy atom. The monoisotopic (exact) mass is 459 g/mol. The lowest BCUT2D eigenvalue weighted by Gasteiger charge is -2.16. The molecule has 3 aromatic heterocycles. The van der Waals surface area contributed by atoms with E-state index in [0.717, 1.165) is 41.3 Å². The second-order valence-electron chi connectivity index (χ2n) is 8.62. The van der Waals surface area contributed by atoms with Crippen molar-refractivity contribution in [2.75, 3.05) is 19.0 Å². The molecule has 6 nitrogen and oxygen atoms in total. The zero-order valence-electron chi connectivity index (χ0n) is 18.9. The van der Waals surface area contributed by atoms with Crippen LogP contribution in [0.5, 0.6) is 0 Å². The topological polar surface area (TPSA) is 86.0 Å². The second kappa shape index (κ2) is 9.95. The Labute approximate surface area is 198 Å². The molecular formula is C26H29N5OS. The van der Waals surface area contributed by atoms with Gasteiger partial charge >= 0.3 is 0 Å². The Morgan fingerprint density at radius 1 is 1.03 bits per heavy atom. The Morgan fingerprint density at radius 2 is 1.79 bits per heavy atom. The number of aromatic nitrogens is 3. The van der Waals surface area contributed by atoms with Gasteiger partial charge in [0.2, 0.25) is 0 Å². The van der Waals surface area contributed by atoms with Crippen LogP contribution in [0.15, 0.2) is 48.8 Å². The van der Waals surface area contributed by atoms with E-state index >= 15 is 0 Å². The first-order valence-electron chi connectivity index (χ1n) is 11.5. The largest absolute Gasteiger partial charge is 0.380 e. The number of thiophene rings is 1. The van der Waals surface area contributed by atoms with E-state index in [2.05, 4.69) is 34.6 Å². The number of methoxy groups -OCH3 is 1. The van der Waals surface area contributed by atoms with Crippen LogP contribution in [-0.4, -0.2) is 34.6 Å². The van der Waals surface area contributed by atoms with Crippen LogP contribution in [0.25, 0.3) is 21.6 Å². The Balaban J connectivity index is 1.39. The van der Waals surface area contributed by atoms with Gasteiger partial charge in [-0.25, -0.2) is 9.97 Å². The van der Waals surface area contributed by atoms with Gasteiger partial charge in [0.1, 0.15) is 10.6 Å². The number of anilines is 1. The minimum atomic E-state index is -0.0258. The maximum absolute atomic E-state index is 6.52. The predicted octanol–water partition coefficient (Wildman–Crippen LogP) is 4.76. The van der Waals surface area contributed by atoms with Gasteiger partial charge in [-0.1, -0.05) is 24.3 Å². The molecule has 0 bridgehead atoms. The summed E-state index contributed by atoms with van der Waals surface area (Å²) in [5.41, 5.74) is 11.3. The first kappa shape index (κ1) is 21.9. The average Bonchev–Trinajstić information content (AvgIpc) is 3.23. The minimum absolute atomic E-state index is 0.0258. The standard InChI is InChI=1S/C26H29N5OS/c1-32-16-18-8-6-17(7-9-18)14-20(27)15-29-25-23-21-4-2-3-5-22(21)33-26(23)31-24(30-25)19-10-12-28-13-11-19/h6-13,20H,2-5,14-16,27H2,1H3,(H,29,30,31)/t20-/m0/s1. The maximum atomic E-state index is 6.52. The summed E-state index contributed by atoms with van der Waals surface area (Å²) in [4.78, 5) is 16.5. The van der Waals surface area contributed by atoms with Gasteiger partial charge in [0.25, 0.3) is 0 Å². The number of fused-ring (bicyclic) bond motifs is 3. The lowest BCUT2D eigenvalue weighted by Crippen LogP contribution is -2.31. The molecule has 3 N–H and O–H groups in total. The van der Waals surface area contributed by atoms with Gasteiger partial charge in [-0.05, 0) is 60.9 Å². The van der Waals surface area contributed by atoms with Gasteiger partial charge in [-0.15, -0.1) is 11.3 Å². The molecule has 1 aromatic carbocycles. The fraction of sp³-hybridized carbons (Fsp3) is 0.346. The van der Waals surface area contributed by atoms with Crippen LogP contribution < -0.4 is 11.1 Å². The summed E-state index contributed by atoms with van der Waals surface area (Å²) in [7, 11) is 1.71. The molecule has 1 aliphatic carbocycles. The quantitative estimate of drug-likeness (QED) is 0.395. The molecule has 4 aromatic rings. The van der Waals surface area contributed by atoms with Crippen LogP contribution in [0.3, 0.4) is 0 Å². The third kappa shape index (κ3) is 4.90. The molecule has 5 rings (SSSR count). The molecule has 0 aliphatic heterocycles. The van der Waals surface area contributed by atoms with Crippen LogP contribution in [0.2, 0.25) is 0 Å². The van der Waals surface area contributed by atoms with E-state index in [4.69, 9.17) is 20.4 Å². The molecule has 0 fully saturated rings. The number of nitrogens with one attached hydrogen (secondary N) is 1. The fourth-order valence-corrected chi connectivity index (χ4v) is 5.72. The van der Waals surface area contributed by atoms with Crippen LogP contribution in [0.4, 0.5) is 5.82 Å². The van der Waals surface area contributed by atoms with E-state index in [9.17, 15) is 0 Å². The first-order chi connectivity index (χ1) is 16.2. The lowest BCUT2D eigenvalue weighted by molar-refractivity contribution is 0.185. The Hall–Kier alpha value is -2.87. The molecule has 1 aliphatic rings. The summed E-state index contributed by atoms with van der Waals surface area (Å²) < 4.78 is 5.20. The predicted molar refractivity (Wildman–Crippen MR) is 135 cm³/mol. The number of pyridine rings is 1. The molecule has 170 valence electrons. The molecule has 33 heavy (non-hydrogen) atoms. The van der Waals surface area contributed by atoms with Gasteiger partial charge in [-0.3, -0.25) is 4.98 Å². The highest BCUT2D eigenvalue weighted by molar-refractivity contribution is 7.19. The SMILES string of the molecule is COCc1ccc(C[C@H](N)CNc2nc(-c3ccncc3)nc3sc4c(c23)CCCC4)cc1. The van der Waals surface area contributed by atoms with Crippen molar-refractivity contribution in [1.82, 2.24) is 15.0 Å². The highest BCUT2D eigenvalue weighted by Crippen LogP contribution is 2.39. The summed E-state index contributed by atoms with van der Waals surface area (Å²) >= 11 is 1.82. The number of ether oxygens (including phenoxy) is 1. The molecule has 0 saturated carbocycles. The molecule has 0 spiro atoms. The summed E-state index contributed by atoms with van der Waals surface area (Å²) in [6, 6.07) is 12.4. The second-order valence-corrected chi connectivity index (χ2v) is 9.70. The zero-order chi connectivity index (χ0) is 22.6. The van der Waals surface area contributed by atoms with Crippen molar-refractivity contribution in [3.05, 3.63) is 70.4 Å². The Bertz CT molecular complexity index is 1220. The summed E-state index contributed by atoms with van der Waals surface area (Å²) in [5.74, 6) is 1.63. The van der Waals surface area contributed by atoms with E-state index in [1.54, 1.807) is 19.5 Å². The van der Waals surface area contributed by atoms with E-state index < -0.39 is 0 Å². The van der Waals surface area contributed by atoms with Crippen LogP contribution >= 0.6 is 11.3 Å². The highest BCUT2D eigenvalue weighted by Gasteiger charge is 2.22. The molecular weight excluding hydrogens is 430 g/mol. The van der Waals surface area contributed by atoms with Gasteiger partial charge in [0.05, 0.1) is 12.0 Å². The minimum Gasteiger partial charge on any atom is -0.380 e. The van der Waals surface area contributed by atoms with Crippen molar-refractivity contribution in [2.45, 2.75) is 44.8 Å². The van der Waals surface area contributed by atoms with Crippen molar-refractivity contribution in [3.63, 3.8) is 0 Å². The highest BCUT2D eigenvalue weighted by atomic mass is 32.1. The van der Waals surface area contributed by atoms with E-state index in [1.807, 2.05) is 23.5 Å². The van der Waals surface area contributed by atoms with E-state index in [0.29, 0.717) is 13.2 Å². The van der Waals surface area contributed by atoms with Crippen LogP contribution in [0.1, 0.15) is 34.4 Å². The number of hydrogen-bond acceptors (Lipinski definition) is 7. The average molecular weight is 460 g/mol. The van der Waals surface area contributed by atoms with Gasteiger partial charge < -0.3 is 15.8 Å². The maximum Gasteiger partial charge on any atom is 0.163 e. The van der Waals surface area contributed by atoms with E-state index in [-0.39, 0.29) is 6.04 Å².